The van der Waals surface area contributed by atoms with Crippen molar-refractivity contribution in [3.8, 4) is 0 Å². The number of anilines is 1. The predicted molar refractivity (Wildman–Crippen MR) is 76.3 cm³/mol. The second-order valence-corrected chi connectivity index (χ2v) is 5.62. The van der Waals surface area contributed by atoms with Crippen LogP contribution in [0.25, 0.3) is 0 Å². The van der Waals surface area contributed by atoms with Gasteiger partial charge in [-0.3, -0.25) is 9.36 Å². The van der Waals surface area contributed by atoms with Gasteiger partial charge in [0.25, 0.3) is 0 Å². The van der Waals surface area contributed by atoms with E-state index >= 15 is 0 Å². The van der Waals surface area contributed by atoms with Gasteiger partial charge in [0.05, 0.1) is 5.41 Å². The zero-order chi connectivity index (χ0) is 15.6. The topological polar surface area (TPSA) is 102 Å². The van der Waals surface area contributed by atoms with Crippen molar-refractivity contribution in [2.75, 3.05) is 18.0 Å². The molecule has 0 bridgehead atoms. The molecule has 1 fully saturated rings. The molecule has 1 unspecified atom stereocenters. The van der Waals surface area contributed by atoms with E-state index in [9.17, 15) is 20.0 Å². The number of carboxylic acid groups (broad SMARTS) is 1. The number of aryl methyl sites for hydroxylation is 1. The van der Waals surface area contributed by atoms with Crippen molar-refractivity contribution in [1.82, 2.24) is 9.55 Å². The van der Waals surface area contributed by atoms with Gasteiger partial charge in [-0.25, -0.2) is 0 Å². The van der Waals surface area contributed by atoms with Gasteiger partial charge < -0.3 is 20.1 Å². The first kappa shape index (κ1) is 15.3. The minimum absolute atomic E-state index is 0.213. The maximum atomic E-state index is 11.7. The summed E-state index contributed by atoms with van der Waals surface area (Å²) in [5.74, 6) is -0.643. The summed E-state index contributed by atoms with van der Waals surface area (Å²) in [6.07, 6.45) is 4.05. The van der Waals surface area contributed by atoms with Crippen LogP contribution in [0.2, 0.25) is 0 Å². The Labute approximate surface area is 122 Å². The van der Waals surface area contributed by atoms with Gasteiger partial charge in [-0.05, 0) is 29.2 Å². The highest BCUT2D eigenvalue weighted by Gasteiger charge is 2.43. The number of aromatic nitrogens is 2. The van der Waals surface area contributed by atoms with Crippen LogP contribution in [0.3, 0.4) is 0 Å². The molecule has 0 amide bonds. The first-order valence-corrected chi connectivity index (χ1v) is 7.05. The molecule has 0 radical (unpaired) electrons. The second-order valence-electron chi connectivity index (χ2n) is 5.62. The molecule has 8 nitrogen and oxygen atoms in total. The van der Waals surface area contributed by atoms with Crippen molar-refractivity contribution < 1.29 is 14.8 Å². The lowest BCUT2D eigenvalue weighted by Crippen LogP contribution is -2.48. The molecule has 0 aromatic carbocycles. The third kappa shape index (κ3) is 2.70. The fraction of sp³-hybridized carbons (Fsp3) is 0.692. The van der Waals surface area contributed by atoms with Gasteiger partial charge in [-0.15, -0.1) is 0 Å². The van der Waals surface area contributed by atoms with E-state index < -0.39 is 16.3 Å². The highest BCUT2D eigenvalue weighted by Crippen LogP contribution is 2.38. The smallest absolute Gasteiger partial charge is 0.406 e. The molecule has 1 N–H and O–H groups in total. The van der Waals surface area contributed by atoms with Crippen LogP contribution in [0.15, 0.2) is 6.33 Å². The molecule has 1 atom stereocenters. The summed E-state index contributed by atoms with van der Waals surface area (Å²) in [5, 5.41) is 20.7. The van der Waals surface area contributed by atoms with E-state index in [-0.39, 0.29) is 12.4 Å². The fourth-order valence-electron chi connectivity index (χ4n) is 3.18. The Balaban J connectivity index is 2.35. The Bertz CT molecular complexity index is 552. The molecule has 0 spiro atoms. The zero-order valence-electron chi connectivity index (χ0n) is 12.3. The van der Waals surface area contributed by atoms with Gasteiger partial charge in [0.2, 0.25) is 12.1 Å². The van der Waals surface area contributed by atoms with Crippen LogP contribution in [0.5, 0.6) is 0 Å². The van der Waals surface area contributed by atoms with Crippen LogP contribution in [-0.4, -0.2) is 38.6 Å². The predicted octanol–water partition coefficient (Wildman–Crippen LogP) is 1.80. The number of aliphatic carboxylic acids is 1. The number of imidazole rings is 1. The van der Waals surface area contributed by atoms with E-state index in [1.54, 1.807) is 16.5 Å². The van der Waals surface area contributed by atoms with Crippen molar-refractivity contribution in [3.05, 3.63) is 16.4 Å². The first-order chi connectivity index (χ1) is 9.91. The molecule has 2 rings (SSSR count). The highest BCUT2D eigenvalue weighted by atomic mass is 16.6. The van der Waals surface area contributed by atoms with E-state index in [0.717, 1.165) is 6.42 Å². The van der Waals surface area contributed by atoms with Gasteiger partial charge >= 0.3 is 11.8 Å². The number of carboxylic acids is 1. The maximum Gasteiger partial charge on any atom is 0.406 e. The number of carbonyl (C=O) groups is 1. The number of hydrogen-bond donors (Lipinski definition) is 1. The molecule has 21 heavy (non-hydrogen) atoms. The normalized spacial score (nSPS) is 22.3. The number of rotatable bonds is 5. The average Bonchev–Trinajstić information content (AvgIpc) is 2.81. The summed E-state index contributed by atoms with van der Waals surface area (Å²) < 4.78 is 1.59. The van der Waals surface area contributed by atoms with Crippen LogP contribution in [-0.2, 0) is 11.8 Å². The van der Waals surface area contributed by atoms with Gasteiger partial charge in [0.1, 0.15) is 0 Å². The van der Waals surface area contributed by atoms with E-state index in [0.29, 0.717) is 31.6 Å². The lowest BCUT2D eigenvalue weighted by atomic mass is 9.76. The lowest BCUT2D eigenvalue weighted by Gasteiger charge is -2.40. The molecule has 8 heteroatoms. The third-order valence-corrected chi connectivity index (χ3v) is 4.12. The number of nitrogens with zero attached hydrogens (tertiary/aromatic N) is 4. The quantitative estimate of drug-likeness (QED) is 0.656. The molecular weight excluding hydrogens is 276 g/mol. The summed E-state index contributed by atoms with van der Waals surface area (Å²) >= 11 is 0. The van der Waals surface area contributed by atoms with Gasteiger partial charge in [-0.2, -0.15) is 0 Å². The fourth-order valence-corrected chi connectivity index (χ4v) is 3.18. The molecule has 1 aromatic rings. The van der Waals surface area contributed by atoms with Crippen LogP contribution in [0, 0.1) is 15.5 Å². The van der Waals surface area contributed by atoms with E-state index in [4.69, 9.17) is 0 Å². The van der Waals surface area contributed by atoms with Crippen molar-refractivity contribution in [2.45, 2.75) is 32.6 Å². The minimum atomic E-state index is -0.828. The van der Waals surface area contributed by atoms with Gasteiger partial charge in [0.15, 0.2) is 0 Å². The van der Waals surface area contributed by atoms with Crippen LogP contribution in [0.1, 0.15) is 32.6 Å². The van der Waals surface area contributed by atoms with Crippen molar-refractivity contribution in [2.24, 2.45) is 12.5 Å². The molecule has 0 saturated carbocycles. The molecule has 1 aromatic heterocycles. The Morgan fingerprint density at radius 2 is 2.33 bits per heavy atom. The Morgan fingerprint density at radius 3 is 2.90 bits per heavy atom. The Hall–Kier alpha value is -2.12. The monoisotopic (exact) mass is 296 g/mol. The molecule has 1 saturated heterocycles. The van der Waals surface area contributed by atoms with Gasteiger partial charge in [0, 0.05) is 20.1 Å². The third-order valence-electron chi connectivity index (χ3n) is 4.12. The number of piperidine rings is 1. The second kappa shape index (κ2) is 5.71. The zero-order valence-corrected chi connectivity index (χ0v) is 12.3. The van der Waals surface area contributed by atoms with Crippen LogP contribution in [0.4, 0.5) is 11.6 Å². The van der Waals surface area contributed by atoms with Gasteiger partial charge in [-0.1, -0.05) is 13.3 Å². The maximum absolute atomic E-state index is 11.7. The Kier molecular flexibility index (Phi) is 4.15. The van der Waals surface area contributed by atoms with Crippen molar-refractivity contribution >= 4 is 17.6 Å². The summed E-state index contributed by atoms with van der Waals surface area (Å²) in [7, 11) is 1.69. The average molecular weight is 296 g/mol. The minimum Gasteiger partial charge on any atom is -0.481 e. The number of nitro groups is 1. The van der Waals surface area contributed by atoms with Crippen molar-refractivity contribution in [1.29, 1.82) is 0 Å². The molecule has 1 aliphatic rings. The molecular formula is C13H20N4O4. The van der Waals surface area contributed by atoms with E-state index in [1.807, 2.05) is 6.92 Å². The van der Waals surface area contributed by atoms with E-state index in [1.165, 1.54) is 6.33 Å². The number of hydrogen-bond acceptors (Lipinski definition) is 5. The summed E-state index contributed by atoms with van der Waals surface area (Å²) in [5.41, 5.74) is -0.828. The lowest BCUT2D eigenvalue weighted by molar-refractivity contribution is -0.388. The largest absolute Gasteiger partial charge is 0.481 e. The van der Waals surface area contributed by atoms with E-state index in [2.05, 4.69) is 4.98 Å². The summed E-state index contributed by atoms with van der Waals surface area (Å²) in [6, 6.07) is 0. The van der Waals surface area contributed by atoms with Crippen LogP contribution >= 0.6 is 0 Å². The highest BCUT2D eigenvalue weighted by molar-refractivity contribution is 5.76. The molecule has 116 valence electrons. The summed E-state index contributed by atoms with van der Waals surface area (Å²) in [6.45, 7) is 2.85. The molecule has 1 aliphatic heterocycles. The SMILES string of the molecule is CCCC1(C(=O)O)CCCN(c2c([N+](=O)[O-])ncn2C)C1. The summed E-state index contributed by atoms with van der Waals surface area (Å²) in [4.78, 5) is 27.9. The molecule has 0 aliphatic carbocycles. The first-order valence-electron chi connectivity index (χ1n) is 7.05. The molecule has 2 heterocycles. The van der Waals surface area contributed by atoms with Crippen LogP contribution < -0.4 is 4.90 Å². The standard InChI is InChI=1S/C13H20N4O4/c1-3-5-13(12(18)19)6-4-7-16(8-13)11-10(17(20)21)14-9-15(11)2/h9H,3-8H2,1-2H3,(H,18,19). The van der Waals surface area contributed by atoms with Crippen molar-refractivity contribution in [3.63, 3.8) is 0 Å². The Morgan fingerprint density at radius 1 is 1.62 bits per heavy atom.